The first-order valence-electron chi connectivity index (χ1n) is 9.51. The lowest BCUT2D eigenvalue weighted by atomic mass is 10.0. The van der Waals surface area contributed by atoms with Gasteiger partial charge in [-0.3, -0.25) is 29.4 Å². The topological polar surface area (TPSA) is 118 Å². The van der Waals surface area contributed by atoms with E-state index in [2.05, 4.69) is 15.6 Å². The smallest absolute Gasteiger partial charge is 0.264 e. The summed E-state index contributed by atoms with van der Waals surface area (Å²) in [4.78, 5) is 54.8. The van der Waals surface area contributed by atoms with E-state index in [9.17, 15) is 19.2 Å². The van der Waals surface area contributed by atoms with Crippen LogP contribution in [0.2, 0.25) is 0 Å². The zero-order valence-electron chi connectivity index (χ0n) is 16.5. The van der Waals surface area contributed by atoms with Crippen LogP contribution in [0.15, 0.2) is 36.5 Å². The fourth-order valence-electron chi connectivity index (χ4n) is 3.72. The average Bonchev–Trinajstić information content (AvgIpc) is 2.99. The summed E-state index contributed by atoms with van der Waals surface area (Å²) in [5, 5.41) is 5.45. The van der Waals surface area contributed by atoms with E-state index >= 15 is 0 Å². The van der Waals surface area contributed by atoms with Crippen molar-refractivity contribution in [3.63, 3.8) is 0 Å². The minimum absolute atomic E-state index is 0.0798. The molecule has 1 unspecified atom stereocenters. The van der Waals surface area contributed by atoms with Crippen molar-refractivity contribution in [2.45, 2.75) is 31.8 Å². The van der Waals surface area contributed by atoms with Gasteiger partial charge in [0, 0.05) is 24.4 Å². The molecule has 1 saturated heterocycles. The number of benzene rings is 1. The predicted octanol–water partition coefficient (Wildman–Crippen LogP) is 1.66. The van der Waals surface area contributed by atoms with Crippen LogP contribution in [0.3, 0.4) is 0 Å². The van der Waals surface area contributed by atoms with Crippen LogP contribution in [-0.4, -0.2) is 46.7 Å². The third-order valence-electron chi connectivity index (χ3n) is 5.31. The summed E-state index contributed by atoms with van der Waals surface area (Å²) in [6, 6.07) is 7.35. The Balaban J connectivity index is 1.61. The van der Waals surface area contributed by atoms with Crippen LogP contribution in [0.4, 0.5) is 5.69 Å². The number of nitrogens with one attached hydrogen (secondary N) is 2. The number of hydrogen-bond acceptors (Lipinski definition) is 7. The van der Waals surface area contributed by atoms with Crippen molar-refractivity contribution in [2.24, 2.45) is 0 Å². The lowest BCUT2D eigenvalue weighted by Gasteiger charge is -2.28. The number of carbonyl (C=O) groups is 4. The maximum absolute atomic E-state index is 13.1. The van der Waals surface area contributed by atoms with Gasteiger partial charge in [0.1, 0.15) is 6.04 Å². The van der Waals surface area contributed by atoms with E-state index in [4.69, 9.17) is 4.74 Å². The van der Waals surface area contributed by atoms with Gasteiger partial charge in [0.25, 0.3) is 11.8 Å². The first kappa shape index (κ1) is 19.6. The largest absolute Gasteiger partial charge is 0.481 e. The highest BCUT2D eigenvalue weighted by atomic mass is 16.5. The Kier molecular flexibility index (Phi) is 4.94. The Bertz CT molecular complexity index is 1050. The summed E-state index contributed by atoms with van der Waals surface area (Å²) in [7, 11) is 1.54. The number of aromatic nitrogens is 1. The molecule has 1 fully saturated rings. The average molecular weight is 408 g/mol. The van der Waals surface area contributed by atoms with Gasteiger partial charge in [-0.15, -0.1) is 0 Å². The van der Waals surface area contributed by atoms with Gasteiger partial charge in [-0.25, -0.2) is 4.98 Å². The molecule has 9 heteroatoms. The number of carbonyl (C=O) groups excluding carboxylic acids is 4. The van der Waals surface area contributed by atoms with Crippen molar-refractivity contribution in [1.29, 1.82) is 0 Å². The number of piperidine rings is 1. The predicted molar refractivity (Wildman–Crippen MR) is 106 cm³/mol. The number of methoxy groups -OCH3 is 1. The molecule has 4 rings (SSSR count). The molecule has 0 aliphatic carbocycles. The summed E-state index contributed by atoms with van der Waals surface area (Å²) in [5.41, 5.74) is 1.81. The Hall–Kier alpha value is -3.75. The maximum Gasteiger partial charge on any atom is 0.264 e. The third-order valence-corrected chi connectivity index (χ3v) is 5.31. The Morgan fingerprint density at radius 2 is 1.97 bits per heavy atom. The quantitative estimate of drug-likeness (QED) is 0.723. The molecule has 2 aliphatic heterocycles. The van der Waals surface area contributed by atoms with Gasteiger partial charge in [0.05, 0.1) is 24.3 Å². The molecule has 0 bridgehead atoms. The molecule has 4 amide bonds. The zero-order valence-corrected chi connectivity index (χ0v) is 16.5. The van der Waals surface area contributed by atoms with E-state index in [1.54, 1.807) is 30.5 Å². The Labute approximate surface area is 172 Å². The van der Waals surface area contributed by atoms with E-state index in [0.29, 0.717) is 11.6 Å². The van der Waals surface area contributed by atoms with Gasteiger partial charge < -0.3 is 10.1 Å². The van der Waals surface area contributed by atoms with E-state index < -0.39 is 29.7 Å². The summed E-state index contributed by atoms with van der Waals surface area (Å²) in [6.45, 7) is 1.90. The van der Waals surface area contributed by atoms with Gasteiger partial charge in [0.15, 0.2) is 0 Å². The third kappa shape index (κ3) is 3.28. The molecule has 0 radical (unpaired) electrons. The molecule has 2 aliphatic rings. The first-order valence-corrected chi connectivity index (χ1v) is 9.51. The van der Waals surface area contributed by atoms with E-state index in [0.717, 1.165) is 10.5 Å². The van der Waals surface area contributed by atoms with Crippen LogP contribution in [0, 0.1) is 0 Å². The molecule has 154 valence electrons. The molecule has 2 aromatic rings. The van der Waals surface area contributed by atoms with Gasteiger partial charge in [-0.2, -0.15) is 0 Å². The molecule has 1 aromatic carbocycles. The second-order valence-electron chi connectivity index (χ2n) is 7.18. The second kappa shape index (κ2) is 7.58. The summed E-state index contributed by atoms with van der Waals surface area (Å²) >= 11 is 0. The van der Waals surface area contributed by atoms with Crippen molar-refractivity contribution in [2.75, 3.05) is 12.4 Å². The van der Waals surface area contributed by atoms with Gasteiger partial charge in [-0.05, 0) is 31.0 Å². The van der Waals surface area contributed by atoms with Crippen molar-refractivity contribution in [3.05, 3.63) is 53.2 Å². The molecule has 0 saturated carbocycles. The molecule has 9 nitrogen and oxygen atoms in total. The molecule has 30 heavy (non-hydrogen) atoms. The number of pyridine rings is 1. The lowest BCUT2D eigenvalue weighted by Crippen LogP contribution is -2.54. The van der Waals surface area contributed by atoms with Crippen LogP contribution in [-0.2, 0) is 9.59 Å². The van der Waals surface area contributed by atoms with E-state index in [-0.39, 0.29) is 30.0 Å². The van der Waals surface area contributed by atoms with E-state index in [1.807, 2.05) is 13.0 Å². The molecule has 0 spiro atoms. The van der Waals surface area contributed by atoms with Crippen LogP contribution >= 0.6 is 0 Å². The van der Waals surface area contributed by atoms with Crippen molar-refractivity contribution < 1.29 is 23.9 Å². The van der Waals surface area contributed by atoms with Crippen molar-refractivity contribution in [3.8, 4) is 5.88 Å². The molecule has 1 aromatic heterocycles. The zero-order chi connectivity index (χ0) is 21.4. The fourth-order valence-corrected chi connectivity index (χ4v) is 3.72. The van der Waals surface area contributed by atoms with Gasteiger partial charge in [0.2, 0.25) is 17.7 Å². The maximum atomic E-state index is 13.1. The fraction of sp³-hybridized carbons (Fsp3) is 0.286. The summed E-state index contributed by atoms with van der Waals surface area (Å²) < 4.78 is 5.07. The number of ether oxygens (including phenoxy) is 1. The van der Waals surface area contributed by atoms with Crippen LogP contribution < -0.4 is 15.4 Å². The van der Waals surface area contributed by atoms with Crippen molar-refractivity contribution >= 4 is 29.3 Å². The highest BCUT2D eigenvalue weighted by molar-refractivity contribution is 6.25. The number of nitrogens with zero attached hydrogens (tertiary/aromatic N) is 2. The molecule has 3 heterocycles. The lowest BCUT2D eigenvalue weighted by molar-refractivity contribution is -0.136. The molecule has 2 N–H and O–H groups in total. The number of anilines is 1. The minimum Gasteiger partial charge on any atom is -0.481 e. The number of fused-ring (bicyclic) bond motifs is 1. The summed E-state index contributed by atoms with van der Waals surface area (Å²) in [6.07, 6.45) is 1.87. The first-order chi connectivity index (χ1) is 14.4. The number of imide groups is 2. The number of hydrogen-bond donors (Lipinski definition) is 2. The molecular weight excluding hydrogens is 388 g/mol. The van der Waals surface area contributed by atoms with Gasteiger partial charge >= 0.3 is 0 Å². The van der Waals surface area contributed by atoms with Crippen LogP contribution in [0.1, 0.15) is 52.1 Å². The normalized spacial score (nSPS) is 19.4. The van der Waals surface area contributed by atoms with Crippen LogP contribution in [0.5, 0.6) is 5.88 Å². The number of amides is 4. The van der Waals surface area contributed by atoms with Crippen molar-refractivity contribution in [1.82, 2.24) is 15.2 Å². The summed E-state index contributed by atoms with van der Waals surface area (Å²) in [5.74, 6) is -1.63. The minimum atomic E-state index is -0.994. The molecular formula is C21H20N4O5. The van der Waals surface area contributed by atoms with Gasteiger partial charge in [-0.1, -0.05) is 12.1 Å². The number of rotatable bonds is 5. The Morgan fingerprint density at radius 3 is 2.63 bits per heavy atom. The van der Waals surface area contributed by atoms with E-state index in [1.165, 1.54) is 7.11 Å². The highest BCUT2D eigenvalue weighted by Gasteiger charge is 2.45. The highest BCUT2D eigenvalue weighted by Crippen LogP contribution is 2.34. The monoisotopic (exact) mass is 408 g/mol. The SMILES string of the molecule is COc1ccc([C@@H](C)Nc2cccc3c2C(=O)N(C2CCC(=O)NC2=O)C3=O)cn1. The van der Waals surface area contributed by atoms with Crippen LogP contribution in [0.25, 0.3) is 0 Å². The second-order valence-corrected chi connectivity index (χ2v) is 7.18. The molecule has 2 atom stereocenters. The Morgan fingerprint density at radius 1 is 1.17 bits per heavy atom. The standard InChI is InChI=1S/C21H20N4O5/c1-11(12-6-9-17(30-2)22-10-12)23-14-5-3-4-13-18(14)21(29)25(20(13)28)15-7-8-16(26)24-19(15)27/h3-6,9-11,15,23H,7-8H2,1-2H3,(H,24,26,27)/t11-,15?/m1/s1.